The molecule has 1 amide bonds. The van der Waals surface area contributed by atoms with E-state index in [-0.39, 0.29) is 37.7 Å². The van der Waals surface area contributed by atoms with Gasteiger partial charge in [-0.3, -0.25) is 9.78 Å². The third kappa shape index (κ3) is 2.64. The number of carbonyl (C=O) groups is 1. The van der Waals surface area contributed by atoms with Crippen LogP contribution >= 0.6 is 0 Å². The van der Waals surface area contributed by atoms with Gasteiger partial charge in [0.2, 0.25) is 5.91 Å². The van der Waals surface area contributed by atoms with Crippen molar-refractivity contribution in [1.29, 1.82) is 0 Å². The van der Waals surface area contributed by atoms with Gasteiger partial charge in [0, 0.05) is 50.1 Å². The average molecular weight is 162 g/mol. The van der Waals surface area contributed by atoms with Crippen molar-refractivity contribution in [2.75, 3.05) is 0 Å². The van der Waals surface area contributed by atoms with Gasteiger partial charge in [0.1, 0.15) is 0 Å². The molecule has 0 atom stereocenters. The number of primary amides is 1. The fourth-order valence-electron chi connectivity index (χ4n) is 0.509. The first kappa shape index (κ1) is 9.88. The van der Waals surface area contributed by atoms with E-state index in [1.54, 1.807) is 18.3 Å². The molecular weight excluding hydrogens is 156 g/mol. The standard InChI is InChI=1S/C6H6N2O.Ar/c7-6(9)5-2-1-3-8-4-5;/h1-4H,(H2,7,9);. The molecule has 0 aromatic carbocycles. The van der Waals surface area contributed by atoms with Crippen molar-refractivity contribution < 1.29 is 42.5 Å². The zero-order chi connectivity index (χ0) is 6.69. The maximum Gasteiger partial charge on any atom is 0.250 e. The van der Waals surface area contributed by atoms with Crippen molar-refractivity contribution in [3.63, 3.8) is 0 Å². The summed E-state index contributed by atoms with van der Waals surface area (Å²) in [5.74, 6) is -0.442. The molecule has 10 heavy (non-hydrogen) atoms. The van der Waals surface area contributed by atoms with Crippen LogP contribution in [-0.4, -0.2) is 10.9 Å². The molecule has 54 valence electrons. The molecule has 0 saturated heterocycles. The Hall–Kier alpha value is -0.120. The van der Waals surface area contributed by atoms with Crippen LogP contribution in [0.5, 0.6) is 0 Å². The zero-order valence-electron chi connectivity index (χ0n) is 5.10. The fraction of sp³-hybridized carbons (Fsp3) is 0. The van der Waals surface area contributed by atoms with Gasteiger partial charge in [-0.05, 0) is 12.1 Å². The number of amides is 1. The Morgan fingerprint density at radius 3 is 2.60 bits per heavy atom. The fourth-order valence-corrected chi connectivity index (χ4v) is 0.509. The summed E-state index contributed by atoms with van der Waals surface area (Å²) >= 11 is 0. The monoisotopic (exact) mass is 162 g/mol. The Morgan fingerprint density at radius 1 is 1.60 bits per heavy atom. The second-order valence-corrected chi connectivity index (χ2v) is 1.61. The quantitative estimate of drug-likeness (QED) is 0.640. The van der Waals surface area contributed by atoms with Gasteiger partial charge in [-0.25, -0.2) is 0 Å². The van der Waals surface area contributed by atoms with Gasteiger partial charge in [-0.15, -0.1) is 0 Å². The van der Waals surface area contributed by atoms with Crippen molar-refractivity contribution in [2.45, 2.75) is 0 Å². The van der Waals surface area contributed by atoms with E-state index < -0.39 is 5.91 Å². The molecule has 0 radical (unpaired) electrons. The van der Waals surface area contributed by atoms with Gasteiger partial charge in [0.25, 0.3) is 0 Å². The minimum Gasteiger partial charge on any atom is -0.366 e. The van der Waals surface area contributed by atoms with Crippen LogP contribution in [0.3, 0.4) is 0 Å². The van der Waals surface area contributed by atoms with E-state index in [9.17, 15) is 4.79 Å². The zero-order valence-corrected chi connectivity index (χ0v) is 5.80. The van der Waals surface area contributed by atoms with Gasteiger partial charge < -0.3 is 5.73 Å². The van der Waals surface area contributed by atoms with Gasteiger partial charge in [-0.1, -0.05) is 0 Å². The van der Waals surface area contributed by atoms with Crippen LogP contribution in [0.1, 0.15) is 10.4 Å². The molecule has 3 nitrogen and oxygen atoms in total. The Bertz CT molecular complexity index is 212. The van der Waals surface area contributed by atoms with Crippen LogP contribution < -0.4 is 5.73 Å². The van der Waals surface area contributed by atoms with Crippen LogP contribution in [0.25, 0.3) is 0 Å². The first-order valence-electron chi connectivity index (χ1n) is 2.50. The third-order valence-corrected chi connectivity index (χ3v) is 0.946. The summed E-state index contributed by atoms with van der Waals surface area (Å²) in [6.07, 6.45) is 3.02. The largest absolute Gasteiger partial charge is 0.366 e. The van der Waals surface area contributed by atoms with Crippen molar-refractivity contribution >= 4 is 5.91 Å². The van der Waals surface area contributed by atoms with Gasteiger partial charge in [0.05, 0.1) is 5.56 Å². The van der Waals surface area contributed by atoms with Crippen LogP contribution in [0.15, 0.2) is 24.5 Å². The summed E-state index contributed by atoms with van der Waals surface area (Å²) in [5.41, 5.74) is 5.38. The van der Waals surface area contributed by atoms with Crippen LogP contribution in [0.2, 0.25) is 0 Å². The van der Waals surface area contributed by atoms with E-state index in [0.29, 0.717) is 5.56 Å². The summed E-state index contributed by atoms with van der Waals surface area (Å²) in [5, 5.41) is 0. The molecule has 1 aromatic heterocycles. The number of rotatable bonds is 1. The van der Waals surface area contributed by atoms with E-state index in [1.807, 2.05) is 0 Å². The van der Waals surface area contributed by atoms with E-state index >= 15 is 0 Å². The molecule has 0 bridgehead atoms. The SMILES string of the molecule is NC(=O)c1cccnc1.[Ar]. The second kappa shape index (κ2) is 4.66. The molecule has 4 heteroatoms. The Labute approximate surface area is 88.6 Å². The van der Waals surface area contributed by atoms with Gasteiger partial charge in [-0.2, -0.15) is 0 Å². The Kier molecular flexibility index (Phi) is 4.60. The molecule has 1 aromatic rings. The first-order chi connectivity index (χ1) is 4.30. The third-order valence-electron chi connectivity index (χ3n) is 0.946. The minimum absolute atomic E-state index is 0. The summed E-state index contributed by atoms with van der Waals surface area (Å²) in [6.45, 7) is 0. The summed E-state index contributed by atoms with van der Waals surface area (Å²) in [6, 6.07) is 3.29. The second-order valence-electron chi connectivity index (χ2n) is 1.61. The number of hydrogen-bond acceptors (Lipinski definition) is 2. The number of nitrogens with two attached hydrogens (primary N) is 1. The van der Waals surface area contributed by atoms with Crippen LogP contribution in [0, 0.1) is 37.7 Å². The average Bonchev–Trinajstić information content (AvgIpc) is 1.90. The summed E-state index contributed by atoms with van der Waals surface area (Å²) < 4.78 is 0. The number of nitrogens with zero attached hydrogens (tertiary/aromatic N) is 1. The Morgan fingerprint density at radius 2 is 2.30 bits per heavy atom. The smallest absolute Gasteiger partial charge is 0.250 e. The van der Waals surface area contributed by atoms with Crippen LogP contribution in [-0.2, 0) is 0 Å². The summed E-state index contributed by atoms with van der Waals surface area (Å²) in [4.78, 5) is 14.1. The topological polar surface area (TPSA) is 56.0 Å². The van der Waals surface area contributed by atoms with Crippen molar-refractivity contribution in [3.05, 3.63) is 30.1 Å². The maximum atomic E-state index is 10.4. The van der Waals surface area contributed by atoms with E-state index in [0.717, 1.165) is 0 Å². The molecule has 0 spiro atoms. The predicted molar refractivity (Wildman–Crippen MR) is 32.8 cm³/mol. The number of hydrogen-bond donors (Lipinski definition) is 1. The molecular formula is C6H6ArN2O. The number of aromatic nitrogens is 1. The van der Waals surface area contributed by atoms with E-state index in [1.165, 1.54) is 6.20 Å². The van der Waals surface area contributed by atoms with Gasteiger partial charge >= 0.3 is 0 Å². The molecule has 0 saturated carbocycles. The maximum absolute atomic E-state index is 10.4. The van der Waals surface area contributed by atoms with E-state index in [2.05, 4.69) is 4.98 Å². The first-order valence-corrected chi connectivity index (χ1v) is 2.50. The molecule has 1 rings (SSSR count). The van der Waals surface area contributed by atoms with Crippen LogP contribution in [0.4, 0.5) is 0 Å². The summed E-state index contributed by atoms with van der Waals surface area (Å²) in [7, 11) is 0. The van der Waals surface area contributed by atoms with Crippen molar-refractivity contribution in [1.82, 2.24) is 4.98 Å². The number of pyridine rings is 1. The molecule has 0 aliphatic heterocycles. The normalized spacial score (nSPS) is 8.00. The Balaban J connectivity index is 0.000000810. The van der Waals surface area contributed by atoms with E-state index in [4.69, 9.17) is 5.73 Å². The van der Waals surface area contributed by atoms with Crippen molar-refractivity contribution in [2.24, 2.45) is 5.73 Å². The molecule has 0 unspecified atom stereocenters. The molecule has 2 N–H and O–H groups in total. The molecule has 0 aliphatic carbocycles. The molecule has 0 aliphatic rings. The molecule has 1 heterocycles. The van der Waals surface area contributed by atoms with Gasteiger partial charge in [0.15, 0.2) is 0 Å². The predicted octanol–water partition coefficient (Wildman–Crippen LogP) is 0.181. The number of carbonyl (C=O) groups excluding carboxylic acids is 1. The van der Waals surface area contributed by atoms with Crippen molar-refractivity contribution in [3.8, 4) is 0 Å². The molecule has 0 fully saturated rings. The minimum atomic E-state index is -0.442.